The van der Waals surface area contributed by atoms with E-state index >= 15 is 0 Å². The molecule has 1 atom stereocenters. The Morgan fingerprint density at radius 1 is 1.38 bits per heavy atom. The normalized spacial score (nSPS) is 18.8. The molecule has 2 heterocycles. The van der Waals surface area contributed by atoms with Crippen molar-refractivity contribution in [3.8, 4) is 5.75 Å². The van der Waals surface area contributed by atoms with E-state index in [0.29, 0.717) is 11.4 Å². The fourth-order valence-electron chi connectivity index (χ4n) is 2.42. The van der Waals surface area contributed by atoms with E-state index in [2.05, 4.69) is 11.7 Å². The van der Waals surface area contributed by atoms with Crippen LogP contribution in [0.15, 0.2) is 63.8 Å². The molecule has 1 aliphatic rings. The molecule has 0 aliphatic carbocycles. The minimum atomic E-state index is -0.0898. The number of carbonyl (C=O) groups excluding carboxylic acids is 1. The quantitative estimate of drug-likeness (QED) is 0.782. The number of nitrogens with zero attached hydrogens (tertiary/aromatic N) is 2. The van der Waals surface area contributed by atoms with Gasteiger partial charge in [-0.25, -0.2) is 0 Å². The number of hydrazone groups is 1. The summed E-state index contributed by atoms with van der Waals surface area (Å²) in [5.74, 6) is 1.47. The van der Waals surface area contributed by atoms with Gasteiger partial charge in [-0.3, -0.25) is 4.79 Å². The van der Waals surface area contributed by atoms with Crippen molar-refractivity contribution in [3.05, 3.63) is 65.6 Å². The first-order valence-corrected chi connectivity index (χ1v) is 8.38. The fraction of sp³-hybridized carbons (Fsp3) is 0.222. The van der Waals surface area contributed by atoms with Crippen molar-refractivity contribution in [2.45, 2.75) is 18.6 Å². The van der Waals surface area contributed by atoms with E-state index in [-0.39, 0.29) is 11.2 Å². The Kier molecular flexibility index (Phi) is 4.76. The van der Waals surface area contributed by atoms with Gasteiger partial charge in [0.1, 0.15) is 11.5 Å². The number of methoxy groups -OCH3 is 1. The third kappa shape index (κ3) is 3.38. The topological polar surface area (TPSA) is 55.0 Å². The highest BCUT2D eigenvalue weighted by atomic mass is 32.2. The molecular weight excluding hydrogens is 324 g/mol. The van der Waals surface area contributed by atoms with Crippen LogP contribution in [0.25, 0.3) is 0 Å². The summed E-state index contributed by atoms with van der Waals surface area (Å²) in [6, 6.07) is 11.2. The lowest BCUT2D eigenvalue weighted by Gasteiger charge is -2.28. The predicted octanol–water partition coefficient (Wildman–Crippen LogP) is 4.19. The van der Waals surface area contributed by atoms with Crippen LogP contribution in [-0.2, 0) is 4.79 Å². The van der Waals surface area contributed by atoms with Gasteiger partial charge in [-0.05, 0) is 48.9 Å². The highest BCUT2D eigenvalue weighted by molar-refractivity contribution is 8.03. The number of rotatable bonds is 4. The Labute approximate surface area is 145 Å². The molecule has 124 valence electrons. The Hall–Kier alpha value is -2.47. The molecule has 0 spiro atoms. The van der Waals surface area contributed by atoms with Gasteiger partial charge in [0.05, 0.1) is 29.4 Å². The zero-order valence-corrected chi connectivity index (χ0v) is 14.4. The van der Waals surface area contributed by atoms with E-state index in [0.717, 1.165) is 22.8 Å². The number of amides is 1. The number of hydrogen-bond donors (Lipinski definition) is 0. The second kappa shape index (κ2) is 6.97. The second-order valence-electron chi connectivity index (χ2n) is 5.34. The third-order valence-corrected chi connectivity index (χ3v) is 4.86. The summed E-state index contributed by atoms with van der Waals surface area (Å²) in [4.78, 5) is 12.5. The van der Waals surface area contributed by atoms with Crippen molar-refractivity contribution >= 4 is 23.4 Å². The van der Waals surface area contributed by atoms with Gasteiger partial charge in [0, 0.05) is 6.42 Å². The van der Waals surface area contributed by atoms with Crippen LogP contribution in [0.4, 0.5) is 0 Å². The maximum atomic E-state index is 12.5. The lowest BCUT2D eigenvalue weighted by molar-refractivity contribution is -0.129. The largest absolute Gasteiger partial charge is 0.497 e. The molecule has 1 unspecified atom stereocenters. The van der Waals surface area contributed by atoms with E-state index < -0.39 is 0 Å². The van der Waals surface area contributed by atoms with Crippen LogP contribution in [0.3, 0.4) is 0 Å². The number of hydrogen-bond acceptors (Lipinski definition) is 5. The van der Waals surface area contributed by atoms with Gasteiger partial charge < -0.3 is 9.15 Å². The molecule has 1 aromatic carbocycles. The summed E-state index contributed by atoms with van der Waals surface area (Å²) in [7, 11) is 1.62. The van der Waals surface area contributed by atoms with Crippen LogP contribution < -0.4 is 4.74 Å². The van der Waals surface area contributed by atoms with Crippen molar-refractivity contribution < 1.29 is 13.9 Å². The van der Waals surface area contributed by atoms with Crippen molar-refractivity contribution in [3.63, 3.8) is 0 Å². The molecule has 0 bridgehead atoms. The predicted molar refractivity (Wildman–Crippen MR) is 94.8 cm³/mol. The van der Waals surface area contributed by atoms with E-state index in [4.69, 9.17) is 9.15 Å². The number of carbonyl (C=O) groups is 1. The monoisotopic (exact) mass is 342 g/mol. The Balaban J connectivity index is 1.76. The SMILES string of the molecule is C=C1SC(c2ccco2)CC(=O)N1/N=C(\C)c1ccc(OC)cc1. The number of thioether (sulfide) groups is 1. The average molecular weight is 342 g/mol. The molecule has 1 saturated heterocycles. The Morgan fingerprint density at radius 2 is 2.12 bits per heavy atom. The molecule has 0 saturated carbocycles. The van der Waals surface area contributed by atoms with Gasteiger partial charge in [-0.2, -0.15) is 10.1 Å². The summed E-state index contributed by atoms with van der Waals surface area (Å²) in [6.07, 6.45) is 1.94. The van der Waals surface area contributed by atoms with Crippen LogP contribution in [0.1, 0.15) is 29.9 Å². The Bertz CT molecular complexity index is 748. The zero-order chi connectivity index (χ0) is 17.1. The lowest BCUT2D eigenvalue weighted by Crippen LogP contribution is -2.30. The van der Waals surface area contributed by atoms with Gasteiger partial charge in [-0.1, -0.05) is 18.3 Å². The zero-order valence-electron chi connectivity index (χ0n) is 13.6. The summed E-state index contributed by atoms with van der Waals surface area (Å²) >= 11 is 1.49. The number of furan rings is 1. The molecule has 0 N–H and O–H groups in total. The molecule has 2 aromatic rings. The summed E-state index contributed by atoms with van der Waals surface area (Å²) in [5, 5.41) is 6.38. The van der Waals surface area contributed by atoms with E-state index in [1.165, 1.54) is 16.8 Å². The number of benzene rings is 1. The minimum absolute atomic E-state index is 0.0484. The summed E-state index contributed by atoms with van der Waals surface area (Å²) in [6.45, 7) is 5.85. The molecule has 3 rings (SSSR count). The highest BCUT2D eigenvalue weighted by Crippen LogP contribution is 2.43. The molecular formula is C18H18N2O3S. The van der Waals surface area contributed by atoms with Gasteiger partial charge in [-0.15, -0.1) is 0 Å². The van der Waals surface area contributed by atoms with Crippen LogP contribution in [0.5, 0.6) is 5.75 Å². The smallest absolute Gasteiger partial charge is 0.249 e. The fourth-order valence-corrected chi connectivity index (χ4v) is 3.47. The standard InChI is InChI=1S/C18H18N2O3S/c1-12(14-6-8-15(22-3)9-7-14)19-20-13(2)24-17(11-18(20)21)16-5-4-10-23-16/h4-10,17H,2,11H2,1,3H3/b19-12+. The molecule has 6 heteroatoms. The van der Waals surface area contributed by atoms with Crippen LogP contribution in [0.2, 0.25) is 0 Å². The molecule has 1 aromatic heterocycles. The van der Waals surface area contributed by atoms with Crippen molar-refractivity contribution in [1.29, 1.82) is 0 Å². The molecule has 1 amide bonds. The van der Waals surface area contributed by atoms with Gasteiger partial charge in [0.25, 0.3) is 0 Å². The molecule has 1 aliphatic heterocycles. The van der Waals surface area contributed by atoms with Crippen molar-refractivity contribution in [2.24, 2.45) is 5.10 Å². The van der Waals surface area contributed by atoms with Gasteiger partial charge >= 0.3 is 0 Å². The van der Waals surface area contributed by atoms with Crippen molar-refractivity contribution in [2.75, 3.05) is 7.11 Å². The van der Waals surface area contributed by atoms with Crippen LogP contribution >= 0.6 is 11.8 Å². The maximum Gasteiger partial charge on any atom is 0.249 e. The first-order chi connectivity index (χ1) is 11.6. The first-order valence-electron chi connectivity index (χ1n) is 7.50. The van der Waals surface area contributed by atoms with E-state index in [9.17, 15) is 4.79 Å². The Morgan fingerprint density at radius 3 is 2.71 bits per heavy atom. The molecule has 0 radical (unpaired) electrons. The van der Waals surface area contributed by atoms with Gasteiger partial charge in [0.2, 0.25) is 5.91 Å². The second-order valence-corrected chi connectivity index (χ2v) is 6.62. The summed E-state index contributed by atoms with van der Waals surface area (Å²) < 4.78 is 10.5. The molecule has 5 nitrogen and oxygen atoms in total. The molecule has 24 heavy (non-hydrogen) atoms. The highest BCUT2D eigenvalue weighted by Gasteiger charge is 2.32. The first kappa shape index (κ1) is 16.4. The average Bonchev–Trinajstić information content (AvgIpc) is 3.12. The maximum absolute atomic E-state index is 12.5. The van der Waals surface area contributed by atoms with E-state index in [1.807, 2.05) is 43.3 Å². The number of ether oxygens (including phenoxy) is 1. The third-order valence-electron chi connectivity index (χ3n) is 3.73. The minimum Gasteiger partial charge on any atom is -0.497 e. The van der Waals surface area contributed by atoms with E-state index in [1.54, 1.807) is 13.4 Å². The lowest BCUT2D eigenvalue weighted by atomic mass is 10.1. The van der Waals surface area contributed by atoms with Crippen LogP contribution in [0, 0.1) is 0 Å². The summed E-state index contributed by atoms with van der Waals surface area (Å²) in [5.41, 5.74) is 1.67. The van der Waals surface area contributed by atoms with Gasteiger partial charge in [0.15, 0.2) is 0 Å². The van der Waals surface area contributed by atoms with Crippen molar-refractivity contribution in [1.82, 2.24) is 5.01 Å². The molecule has 1 fully saturated rings. The van der Waals surface area contributed by atoms with Crippen LogP contribution in [-0.4, -0.2) is 23.7 Å².